The highest BCUT2D eigenvalue weighted by atomic mass is 127. The quantitative estimate of drug-likeness (QED) is 0.232. The van der Waals surface area contributed by atoms with Crippen LogP contribution in [0.25, 0.3) is 0 Å². The number of hydrogen-bond acceptors (Lipinski definition) is 3. The molecule has 0 aliphatic heterocycles. The van der Waals surface area contributed by atoms with E-state index >= 15 is 0 Å². The van der Waals surface area contributed by atoms with Crippen LogP contribution >= 0.6 is 35.3 Å². The second-order valence-corrected chi connectivity index (χ2v) is 6.51. The summed E-state index contributed by atoms with van der Waals surface area (Å²) in [7, 11) is 0. The molecule has 0 saturated carbocycles. The third-order valence-electron chi connectivity index (χ3n) is 3.72. The number of rotatable bonds is 8. The van der Waals surface area contributed by atoms with Crippen molar-refractivity contribution in [2.24, 2.45) is 4.99 Å². The lowest BCUT2D eigenvalue weighted by Gasteiger charge is -2.13. The molecule has 0 saturated heterocycles. The van der Waals surface area contributed by atoms with Gasteiger partial charge in [-0.25, -0.2) is 0 Å². The zero-order chi connectivity index (χ0) is 17.9. The molecule has 1 atom stereocenters. The van der Waals surface area contributed by atoms with Crippen LogP contribution in [0.3, 0.4) is 0 Å². The van der Waals surface area contributed by atoms with Crippen LogP contribution in [-0.4, -0.2) is 38.0 Å². The summed E-state index contributed by atoms with van der Waals surface area (Å²) in [6, 6.07) is 11.4. The molecule has 1 unspecified atom stereocenters. The highest BCUT2D eigenvalue weighted by Gasteiger charge is 2.06. The molecule has 7 heteroatoms. The molecule has 0 spiro atoms. The summed E-state index contributed by atoms with van der Waals surface area (Å²) in [6.45, 7) is 6.90. The maximum atomic E-state index is 12.0. The summed E-state index contributed by atoms with van der Waals surface area (Å²) in [6.07, 6.45) is 0. The third kappa shape index (κ3) is 7.74. The zero-order valence-electron chi connectivity index (χ0n) is 15.2. The Kier molecular flexibility index (Phi) is 11.0. The number of carbonyl (C=O) groups excluding carboxylic acids is 1. The SMILES string of the molecule is CCNC(=NCC(C)c1ccsc1)NCCNC(=O)c1ccccc1.I. The maximum absolute atomic E-state index is 12.0. The minimum atomic E-state index is -0.0598. The molecule has 1 aromatic heterocycles. The number of thiophene rings is 1. The van der Waals surface area contributed by atoms with Crippen LogP contribution in [0.2, 0.25) is 0 Å². The minimum absolute atomic E-state index is 0. The van der Waals surface area contributed by atoms with Gasteiger partial charge in [-0.15, -0.1) is 24.0 Å². The van der Waals surface area contributed by atoms with Gasteiger partial charge < -0.3 is 16.0 Å². The Labute approximate surface area is 176 Å². The molecular weight excluding hydrogens is 459 g/mol. The Morgan fingerprint density at radius 2 is 1.85 bits per heavy atom. The second-order valence-electron chi connectivity index (χ2n) is 5.73. The lowest BCUT2D eigenvalue weighted by Crippen LogP contribution is -2.41. The van der Waals surface area contributed by atoms with Crippen LogP contribution in [0, 0.1) is 0 Å². The summed E-state index contributed by atoms with van der Waals surface area (Å²) in [4.78, 5) is 16.6. The first-order valence-corrected chi connectivity index (χ1v) is 9.52. The van der Waals surface area contributed by atoms with E-state index in [1.165, 1.54) is 5.56 Å². The fourth-order valence-corrected chi connectivity index (χ4v) is 3.06. The fraction of sp³-hybridized carbons (Fsp3) is 0.368. The first-order valence-electron chi connectivity index (χ1n) is 8.58. The molecule has 1 aromatic carbocycles. The van der Waals surface area contributed by atoms with Crippen LogP contribution < -0.4 is 16.0 Å². The minimum Gasteiger partial charge on any atom is -0.357 e. The van der Waals surface area contributed by atoms with Gasteiger partial charge in [-0.05, 0) is 41.4 Å². The summed E-state index contributed by atoms with van der Waals surface area (Å²) in [5.74, 6) is 1.11. The lowest BCUT2D eigenvalue weighted by atomic mass is 10.1. The number of nitrogens with one attached hydrogen (secondary N) is 3. The molecule has 0 bridgehead atoms. The lowest BCUT2D eigenvalue weighted by molar-refractivity contribution is 0.0954. The van der Waals surface area contributed by atoms with Gasteiger partial charge in [0.25, 0.3) is 5.91 Å². The van der Waals surface area contributed by atoms with Crippen LogP contribution in [0.15, 0.2) is 52.2 Å². The fourth-order valence-electron chi connectivity index (χ4n) is 2.28. The normalized spacial score (nSPS) is 12.0. The Bertz CT molecular complexity index is 661. The highest BCUT2D eigenvalue weighted by molar-refractivity contribution is 14.0. The molecule has 2 aromatic rings. The smallest absolute Gasteiger partial charge is 0.251 e. The van der Waals surface area contributed by atoms with Gasteiger partial charge in [-0.2, -0.15) is 11.3 Å². The number of guanidine groups is 1. The van der Waals surface area contributed by atoms with Crippen molar-refractivity contribution in [2.45, 2.75) is 19.8 Å². The van der Waals surface area contributed by atoms with Crippen LogP contribution in [-0.2, 0) is 0 Å². The van der Waals surface area contributed by atoms with Gasteiger partial charge in [0.2, 0.25) is 0 Å². The average molecular weight is 486 g/mol. The number of aliphatic imine (C=N–C) groups is 1. The van der Waals surface area contributed by atoms with Gasteiger partial charge in [0.05, 0.1) is 0 Å². The van der Waals surface area contributed by atoms with Gasteiger partial charge in [-0.1, -0.05) is 25.1 Å². The number of amides is 1. The van der Waals surface area contributed by atoms with E-state index in [9.17, 15) is 4.79 Å². The van der Waals surface area contributed by atoms with E-state index in [1.807, 2.05) is 25.1 Å². The van der Waals surface area contributed by atoms with Crippen LogP contribution in [0.5, 0.6) is 0 Å². The molecule has 0 aliphatic carbocycles. The first kappa shape index (κ1) is 22.4. The Balaban J connectivity index is 0.00000338. The standard InChI is InChI=1S/C19H26N4OS.HI/c1-3-20-19(23-13-15(2)17-9-12-25-14-17)22-11-10-21-18(24)16-7-5-4-6-8-16;/h4-9,12,14-15H,3,10-11,13H2,1-2H3,(H,21,24)(H2,20,22,23);1H. The molecule has 1 amide bonds. The molecule has 5 nitrogen and oxygen atoms in total. The Morgan fingerprint density at radius 1 is 1.12 bits per heavy atom. The van der Waals surface area contributed by atoms with Crippen molar-refractivity contribution in [1.82, 2.24) is 16.0 Å². The van der Waals surface area contributed by atoms with Gasteiger partial charge in [0.15, 0.2) is 5.96 Å². The highest BCUT2D eigenvalue weighted by Crippen LogP contribution is 2.18. The van der Waals surface area contributed by atoms with Gasteiger partial charge in [0.1, 0.15) is 0 Å². The number of benzene rings is 1. The van der Waals surface area contributed by atoms with Gasteiger partial charge in [-0.3, -0.25) is 9.79 Å². The summed E-state index contributed by atoms with van der Waals surface area (Å²) >= 11 is 1.71. The molecule has 0 radical (unpaired) electrons. The Morgan fingerprint density at radius 3 is 2.50 bits per heavy atom. The monoisotopic (exact) mass is 486 g/mol. The van der Waals surface area contributed by atoms with E-state index in [-0.39, 0.29) is 29.9 Å². The van der Waals surface area contributed by atoms with Crippen molar-refractivity contribution in [2.75, 3.05) is 26.2 Å². The summed E-state index contributed by atoms with van der Waals surface area (Å²) < 4.78 is 0. The average Bonchev–Trinajstić information content (AvgIpc) is 3.18. The number of nitrogens with zero attached hydrogens (tertiary/aromatic N) is 1. The van der Waals surface area contributed by atoms with E-state index in [1.54, 1.807) is 23.5 Å². The van der Waals surface area contributed by atoms with E-state index in [0.717, 1.165) is 19.0 Å². The van der Waals surface area contributed by atoms with Gasteiger partial charge >= 0.3 is 0 Å². The second kappa shape index (κ2) is 12.7. The maximum Gasteiger partial charge on any atom is 0.251 e. The molecular formula is C19H27IN4OS. The van der Waals surface area contributed by atoms with Crippen molar-refractivity contribution in [3.05, 3.63) is 58.3 Å². The van der Waals surface area contributed by atoms with Crippen LogP contribution in [0.1, 0.15) is 35.7 Å². The van der Waals surface area contributed by atoms with E-state index in [4.69, 9.17) is 0 Å². The molecule has 2 rings (SSSR count). The molecule has 142 valence electrons. The summed E-state index contributed by atoms with van der Waals surface area (Å²) in [5.41, 5.74) is 1.99. The zero-order valence-corrected chi connectivity index (χ0v) is 18.3. The van der Waals surface area contributed by atoms with Crippen molar-refractivity contribution in [3.63, 3.8) is 0 Å². The third-order valence-corrected chi connectivity index (χ3v) is 4.42. The van der Waals surface area contributed by atoms with Crippen molar-refractivity contribution >= 4 is 47.2 Å². The van der Waals surface area contributed by atoms with Crippen LogP contribution in [0.4, 0.5) is 0 Å². The predicted molar refractivity (Wildman–Crippen MR) is 121 cm³/mol. The largest absolute Gasteiger partial charge is 0.357 e. The Hall–Kier alpha value is -1.61. The first-order chi connectivity index (χ1) is 12.2. The van der Waals surface area contributed by atoms with Crippen molar-refractivity contribution < 1.29 is 4.79 Å². The van der Waals surface area contributed by atoms with Crippen molar-refractivity contribution in [3.8, 4) is 0 Å². The van der Waals surface area contributed by atoms with E-state index < -0.39 is 0 Å². The van der Waals surface area contributed by atoms with E-state index in [0.29, 0.717) is 24.6 Å². The molecule has 0 aliphatic rings. The molecule has 3 N–H and O–H groups in total. The van der Waals surface area contributed by atoms with Gasteiger partial charge in [0, 0.05) is 37.7 Å². The summed E-state index contributed by atoms with van der Waals surface area (Å²) in [5, 5.41) is 13.6. The molecule has 26 heavy (non-hydrogen) atoms. The predicted octanol–water partition coefficient (Wildman–Crippen LogP) is 3.45. The topological polar surface area (TPSA) is 65.5 Å². The number of carbonyl (C=O) groups is 1. The van der Waals surface area contributed by atoms with E-state index in [2.05, 4.69) is 44.7 Å². The van der Waals surface area contributed by atoms with Crippen molar-refractivity contribution in [1.29, 1.82) is 0 Å². The molecule has 0 fully saturated rings. The number of halogens is 1. The molecule has 1 heterocycles. The number of hydrogen-bond donors (Lipinski definition) is 3.